The number of anilines is 4. The van der Waals surface area contributed by atoms with Crippen molar-refractivity contribution in [2.24, 2.45) is 0 Å². The van der Waals surface area contributed by atoms with Gasteiger partial charge in [0.1, 0.15) is 11.7 Å². The predicted molar refractivity (Wildman–Crippen MR) is 111 cm³/mol. The van der Waals surface area contributed by atoms with Gasteiger partial charge in [-0.05, 0) is 43.5 Å². The van der Waals surface area contributed by atoms with E-state index in [0.29, 0.717) is 17.7 Å². The fourth-order valence-electron chi connectivity index (χ4n) is 4.27. The molecule has 2 aromatic rings. The van der Waals surface area contributed by atoms with Crippen LogP contribution in [0.1, 0.15) is 49.4 Å². The summed E-state index contributed by atoms with van der Waals surface area (Å²) in [7, 11) is 1.77. The van der Waals surface area contributed by atoms with Crippen LogP contribution in [0.25, 0.3) is 0 Å². The molecule has 1 saturated carbocycles. The van der Waals surface area contributed by atoms with Crippen molar-refractivity contribution in [3.63, 3.8) is 0 Å². The van der Waals surface area contributed by atoms with E-state index in [9.17, 15) is 9.59 Å². The Morgan fingerprint density at radius 1 is 1.24 bits per heavy atom. The largest absolute Gasteiger partial charge is 0.478 e. The molecule has 2 heterocycles. The molecular weight excluding hydrogens is 370 g/mol. The lowest BCUT2D eigenvalue weighted by molar-refractivity contribution is -0.120. The van der Waals surface area contributed by atoms with Crippen LogP contribution in [0.4, 0.5) is 23.1 Å². The maximum atomic E-state index is 12.9. The minimum Gasteiger partial charge on any atom is -0.478 e. The van der Waals surface area contributed by atoms with Crippen molar-refractivity contribution in [1.82, 2.24) is 9.97 Å². The quantitative estimate of drug-likeness (QED) is 0.800. The average molecular weight is 395 g/mol. The molecule has 1 aromatic carbocycles. The number of hydrogen-bond acceptors (Lipinski definition) is 6. The molecule has 2 N–H and O–H groups in total. The number of carboxylic acids is 1. The third-order valence-corrected chi connectivity index (χ3v) is 5.80. The van der Waals surface area contributed by atoms with Crippen LogP contribution in [0.2, 0.25) is 0 Å². The summed E-state index contributed by atoms with van der Waals surface area (Å²) in [6, 6.07) is 6.54. The number of rotatable bonds is 5. The maximum Gasteiger partial charge on any atom is 0.335 e. The van der Waals surface area contributed by atoms with E-state index in [0.717, 1.165) is 30.8 Å². The van der Waals surface area contributed by atoms with Gasteiger partial charge in [0.25, 0.3) is 0 Å². The summed E-state index contributed by atoms with van der Waals surface area (Å²) in [5.41, 5.74) is 1.65. The highest BCUT2D eigenvalue weighted by Gasteiger charge is 2.41. The number of carbonyl (C=O) groups is 2. The van der Waals surface area contributed by atoms with Crippen molar-refractivity contribution in [3.05, 3.63) is 36.0 Å². The van der Waals surface area contributed by atoms with Crippen molar-refractivity contribution in [1.29, 1.82) is 0 Å². The fraction of sp³-hybridized carbons (Fsp3) is 0.429. The number of nitrogens with one attached hydrogen (secondary N) is 1. The minimum atomic E-state index is -0.966. The second kappa shape index (κ2) is 7.69. The first-order valence-electron chi connectivity index (χ1n) is 10.0. The number of nitrogens with zero attached hydrogens (tertiary/aromatic N) is 4. The van der Waals surface area contributed by atoms with Gasteiger partial charge in [-0.2, -0.15) is 4.98 Å². The lowest BCUT2D eigenvalue weighted by Gasteiger charge is -2.43. The Bertz CT molecular complexity index is 924. The molecule has 29 heavy (non-hydrogen) atoms. The molecule has 4 rings (SSSR count). The monoisotopic (exact) mass is 395 g/mol. The SMILES string of the molecule is CCC1C(=O)N(C)c2cnc(Nc3ccc(C(=O)O)cc3)nc2N1C1CCCC1. The summed E-state index contributed by atoms with van der Waals surface area (Å²) in [6.45, 7) is 2.04. The van der Waals surface area contributed by atoms with E-state index in [-0.39, 0.29) is 17.5 Å². The van der Waals surface area contributed by atoms with Gasteiger partial charge in [-0.1, -0.05) is 19.8 Å². The van der Waals surface area contributed by atoms with E-state index in [1.807, 2.05) is 6.92 Å². The van der Waals surface area contributed by atoms with E-state index in [1.54, 1.807) is 30.3 Å². The molecule has 152 valence electrons. The molecule has 1 aliphatic heterocycles. The Balaban J connectivity index is 1.68. The summed E-state index contributed by atoms with van der Waals surface area (Å²) in [4.78, 5) is 36.9. The number of aromatic carboxylic acids is 1. The third-order valence-electron chi connectivity index (χ3n) is 5.80. The molecular formula is C21H25N5O3. The molecule has 0 spiro atoms. The zero-order valence-corrected chi connectivity index (χ0v) is 16.6. The van der Waals surface area contributed by atoms with Crippen molar-refractivity contribution in [3.8, 4) is 0 Å². The number of amides is 1. The Morgan fingerprint density at radius 3 is 2.55 bits per heavy atom. The molecule has 0 bridgehead atoms. The molecule has 0 saturated heterocycles. The number of carboxylic acid groups (broad SMARTS) is 1. The van der Waals surface area contributed by atoms with E-state index in [4.69, 9.17) is 10.1 Å². The van der Waals surface area contributed by atoms with Gasteiger partial charge < -0.3 is 20.2 Å². The Morgan fingerprint density at radius 2 is 1.93 bits per heavy atom. The van der Waals surface area contributed by atoms with Gasteiger partial charge in [0, 0.05) is 18.8 Å². The van der Waals surface area contributed by atoms with Crippen LogP contribution in [0, 0.1) is 0 Å². The molecule has 1 unspecified atom stereocenters. The standard InChI is InChI=1S/C21H25N5O3/c1-3-16-19(27)25(2)17-12-22-21(23-14-10-8-13(9-11-14)20(28)29)24-18(17)26(16)15-6-4-5-7-15/h8-12,15-16H,3-7H2,1-2H3,(H,28,29)(H,22,23,24). The van der Waals surface area contributed by atoms with Crippen LogP contribution in [-0.2, 0) is 4.79 Å². The van der Waals surface area contributed by atoms with Gasteiger partial charge in [-0.25, -0.2) is 9.78 Å². The third kappa shape index (κ3) is 3.50. The topological polar surface area (TPSA) is 98.7 Å². The molecule has 2 aliphatic rings. The summed E-state index contributed by atoms with van der Waals surface area (Å²) < 4.78 is 0. The van der Waals surface area contributed by atoms with E-state index in [1.165, 1.54) is 25.0 Å². The van der Waals surface area contributed by atoms with Crippen molar-refractivity contribution in [2.45, 2.75) is 51.1 Å². The number of carbonyl (C=O) groups excluding carboxylic acids is 1. The van der Waals surface area contributed by atoms with Crippen LogP contribution < -0.4 is 15.1 Å². The van der Waals surface area contributed by atoms with Crippen LogP contribution in [0.5, 0.6) is 0 Å². The molecule has 0 radical (unpaired) electrons. The maximum absolute atomic E-state index is 12.9. The highest BCUT2D eigenvalue weighted by molar-refractivity contribution is 6.04. The summed E-state index contributed by atoms with van der Waals surface area (Å²) in [6.07, 6.45) is 6.88. The molecule has 1 aromatic heterocycles. The zero-order valence-electron chi connectivity index (χ0n) is 16.6. The smallest absolute Gasteiger partial charge is 0.335 e. The number of aromatic nitrogens is 2. The van der Waals surface area contributed by atoms with Crippen LogP contribution in [0.3, 0.4) is 0 Å². The average Bonchev–Trinajstić information content (AvgIpc) is 3.25. The van der Waals surface area contributed by atoms with Gasteiger partial charge in [0.15, 0.2) is 5.82 Å². The lowest BCUT2D eigenvalue weighted by Crippen LogP contribution is -2.55. The first kappa shape index (κ1) is 19.2. The molecule has 1 fully saturated rings. The van der Waals surface area contributed by atoms with E-state index < -0.39 is 5.97 Å². The molecule has 1 amide bonds. The Hall–Kier alpha value is -3.16. The molecule has 8 heteroatoms. The predicted octanol–water partition coefficient (Wildman–Crippen LogP) is 3.42. The molecule has 1 aliphatic carbocycles. The molecule has 8 nitrogen and oxygen atoms in total. The molecule has 1 atom stereocenters. The number of hydrogen-bond donors (Lipinski definition) is 2. The second-order valence-electron chi connectivity index (χ2n) is 7.58. The van der Waals surface area contributed by atoms with Gasteiger partial charge in [0.05, 0.1) is 11.8 Å². The number of fused-ring (bicyclic) bond motifs is 1. The van der Waals surface area contributed by atoms with Gasteiger partial charge in [0.2, 0.25) is 11.9 Å². The number of benzene rings is 1. The Labute approximate surface area is 169 Å². The van der Waals surface area contributed by atoms with Crippen LogP contribution in [-0.4, -0.2) is 46.1 Å². The number of likely N-dealkylation sites (N-methyl/N-ethyl adjacent to an activating group) is 1. The summed E-state index contributed by atoms with van der Waals surface area (Å²) in [5, 5.41) is 12.2. The van der Waals surface area contributed by atoms with Gasteiger partial charge >= 0.3 is 5.97 Å². The van der Waals surface area contributed by atoms with E-state index >= 15 is 0 Å². The fourth-order valence-corrected chi connectivity index (χ4v) is 4.27. The van der Waals surface area contributed by atoms with Crippen LogP contribution in [0.15, 0.2) is 30.5 Å². The summed E-state index contributed by atoms with van der Waals surface area (Å²) >= 11 is 0. The van der Waals surface area contributed by atoms with E-state index in [2.05, 4.69) is 15.2 Å². The Kier molecular flexibility index (Phi) is 5.08. The highest BCUT2D eigenvalue weighted by Crippen LogP contribution is 2.39. The first-order valence-corrected chi connectivity index (χ1v) is 10.0. The van der Waals surface area contributed by atoms with Crippen molar-refractivity contribution >= 4 is 35.0 Å². The van der Waals surface area contributed by atoms with Gasteiger partial charge in [-0.3, -0.25) is 4.79 Å². The second-order valence-corrected chi connectivity index (χ2v) is 7.58. The zero-order chi connectivity index (χ0) is 20.5. The van der Waals surface area contributed by atoms with Gasteiger partial charge in [-0.15, -0.1) is 0 Å². The highest BCUT2D eigenvalue weighted by atomic mass is 16.4. The lowest BCUT2D eigenvalue weighted by atomic mass is 10.0. The summed E-state index contributed by atoms with van der Waals surface area (Å²) in [5.74, 6) is 0.325. The minimum absolute atomic E-state index is 0.0838. The first-order chi connectivity index (χ1) is 14.0. The van der Waals surface area contributed by atoms with Crippen LogP contribution >= 0.6 is 0 Å². The van der Waals surface area contributed by atoms with Crippen molar-refractivity contribution in [2.75, 3.05) is 22.2 Å². The normalized spacial score (nSPS) is 19.4. The van der Waals surface area contributed by atoms with Crippen molar-refractivity contribution < 1.29 is 14.7 Å².